The molecule has 0 bridgehead atoms. The highest BCUT2D eigenvalue weighted by Crippen LogP contribution is 2.32. The van der Waals surface area contributed by atoms with Crippen molar-refractivity contribution in [2.24, 2.45) is 0 Å². The minimum absolute atomic E-state index is 0.140. The third kappa shape index (κ3) is 6.23. The van der Waals surface area contributed by atoms with E-state index < -0.39 is 46.7 Å². The van der Waals surface area contributed by atoms with E-state index >= 15 is 0 Å². The number of benzene rings is 1. The van der Waals surface area contributed by atoms with Crippen molar-refractivity contribution in [3.8, 4) is 0 Å². The largest absolute Gasteiger partial charge is 0.510 e. The van der Waals surface area contributed by atoms with Crippen LogP contribution in [0.2, 0.25) is 0 Å². The predicted molar refractivity (Wildman–Crippen MR) is 104 cm³/mol. The number of esters is 2. The van der Waals surface area contributed by atoms with Gasteiger partial charge in [-0.25, -0.2) is 14.4 Å². The number of cyclic esters (lactones) is 2. The molecule has 1 fully saturated rings. The number of hydrogen-bond donors (Lipinski definition) is 2. The van der Waals surface area contributed by atoms with Crippen LogP contribution in [0.15, 0.2) is 41.7 Å². The van der Waals surface area contributed by atoms with E-state index in [1.165, 1.54) is 13.8 Å². The van der Waals surface area contributed by atoms with Crippen LogP contribution >= 0.6 is 0 Å². The molecule has 29 heavy (non-hydrogen) atoms. The van der Waals surface area contributed by atoms with Gasteiger partial charge in [0.1, 0.15) is 11.4 Å². The highest BCUT2D eigenvalue weighted by molar-refractivity contribution is 6.15. The molecule has 2 N–H and O–H groups in total. The average molecular weight is 405 g/mol. The zero-order chi connectivity index (χ0) is 21.8. The maximum absolute atomic E-state index is 12.3. The second-order valence-corrected chi connectivity index (χ2v) is 8.12. The fourth-order valence-electron chi connectivity index (χ4n) is 2.82. The van der Waals surface area contributed by atoms with Gasteiger partial charge in [0.05, 0.1) is 0 Å². The SMILES string of the molecule is CC(C)(C)OC(=O)NCCC(C(O)=C1C(=O)OC(C)(C)OC1=O)c1ccccc1. The van der Waals surface area contributed by atoms with Gasteiger partial charge in [0, 0.05) is 26.3 Å². The normalized spacial score (nSPS) is 17.1. The van der Waals surface area contributed by atoms with E-state index in [2.05, 4.69) is 5.32 Å². The number of ether oxygens (including phenoxy) is 3. The zero-order valence-electron chi connectivity index (χ0n) is 17.3. The Balaban J connectivity index is 2.24. The van der Waals surface area contributed by atoms with Crippen molar-refractivity contribution in [3.05, 3.63) is 47.2 Å². The lowest BCUT2D eigenvalue weighted by atomic mass is 9.91. The lowest BCUT2D eigenvalue weighted by Gasteiger charge is -2.31. The predicted octanol–water partition coefficient (Wildman–Crippen LogP) is 3.33. The van der Waals surface area contributed by atoms with Crippen LogP contribution in [0.25, 0.3) is 0 Å². The highest BCUT2D eigenvalue weighted by Gasteiger charge is 2.42. The molecule has 1 heterocycles. The Hall–Kier alpha value is -3.03. The fraction of sp³-hybridized carbons (Fsp3) is 0.476. The Kier molecular flexibility index (Phi) is 6.56. The Morgan fingerprint density at radius 3 is 2.21 bits per heavy atom. The number of aliphatic hydroxyl groups is 1. The molecule has 158 valence electrons. The van der Waals surface area contributed by atoms with Crippen molar-refractivity contribution in [2.75, 3.05) is 6.54 Å². The number of alkyl carbamates (subject to hydrolysis) is 1. The van der Waals surface area contributed by atoms with Gasteiger partial charge in [-0.05, 0) is 32.8 Å². The van der Waals surface area contributed by atoms with Gasteiger partial charge in [-0.3, -0.25) is 0 Å². The van der Waals surface area contributed by atoms with Gasteiger partial charge in [-0.15, -0.1) is 0 Å². The molecule has 1 amide bonds. The van der Waals surface area contributed by atoms with Crippen molar-refractivity contribution in [1.29, 1.82) is 0 Å². The molecule has 8 heteroatoms. The Morgan fingerprint density at radius 2 is 1.69 bits per heavy atom. The molecule has 0 aliphatic carbocycles. The zero-order valence-corrected chi connectivity index (χ0v) is 17.3. The number of rotatable bonds is 5. The quantitative estimate of drug-likeness (QED) is 0.334. The number of carbonyl (C=O) groups excluding carboxylic acids is 3. The van der Waals surface area contributed by atoms with Gasteiger partial charge in [-0.2, -0.15) is 0 Å². The second-order valence-electron chi connectivity index (χ2n) is 8.12. The van der Waals surface area contributed by atoms with E-state index in [1.54, 1.807) is 51.1 Å². The molecule has 8 nitrogen and oxygen atoms in total. The number of amides is 1. The van der Waals surface area contributed by atoms with Crippen LogP contribution in [0.4, 0.5) is 4.79 Å². The number of nitrogens with one attached hydrogen (secondary N) is 1. The summed E-state index contributed by atoms with van der Waals surface area (Å²) in [5, 5.41) is 13.4. The van der Waals surface area contributed by atoms with E-state index in [-0.39, 0.29) is 13.0 Å². The molecule has 1 aromatic carbocycles. The third-order valence-electron chi connectivity index (χ3n) is 3.97. The molecule has 1 aliphatic rings. The second kappa shape index (κ2) is 8.55. The van der Waals surface area contributed by atoms with Gasteiger partial charge in [-0.1, -0.05) is 30.3 Å². The minimum Gasteiger partial charge on any atom is -0.510 e. The van der Waals surface area contributed by atoms with E-state index in [9.17, 15) is 19.5 Å². The summed E-state index contributed by atoms with van der Waals surface area (Å²) in [7, 11) is 0. The smallest absolute Gasteiger partial charge is 0.407 e. The topological polar surface area (TPSA) is 111 Å². The summed E-state index contributed by atoms with van der Waals surface area (Å²) in [5.74, 6) is -4.51. The van der Waals surface area contributed by atoms with Crippen molar-refractivity contribution in [3.63, 3.8) is 0 Å². The number of carbonyl (C=O) groups is 3. The molecule has 0 aromatic heterocycles. The molecule has 1 saturated heterocycles. The summed E-state index contributed by atoms with van der Waals surface area (Å²) in [6.45, 7) is 8.24. The number of hydrogen-bond acceptors (Lipinski definition) is 7. The summed E-state index contributed by atoms with van der Waals surface area (Å²) in [6, 6.07) is 8.83. The van der Waals surface area contributed by atoms with Gasteiger partial charge < -0.3 is 24.6 Å². The molecular weight excluding hydrogens is 378 g/mol. The molecule has 1 atom stereocenters. The first kappa shape index (κ1) is 22.3. The van der Waals surface area contributed by atoms with Crippen LogP contribution in [-0.4, -0.2) is 41.1 Å². The first-order chi connectivity index (χ1) is 13.4. The molecular formula is C21H27NO7. The Bertz CT molecular complexity index is 784. The Labute approximate surface area is 169 Å². The lowest BCUT2D eigenvalue weighted by molar-refractivity contribution is -0.222. The molecule has 1 aromatic rings. The van der Waals surface area contributed by atoms with Crippen LogP contribution < -0.4 is 5.32 Å². The van der Waals surface area contributed by atoms with Gasteiger partial charge >= 0.3 is 18.0 Å². The summed E-state index contributed by atoms with van der Waals surface area (Å²) in [4.78, 5) is 36.5. The van der Waals surface area contributed by atoms with Crippen LogP contribution in [0.1, 0.15) is 52.5 Å². The highest BCUT2D eigenvalue weighted by atomic mass is 16.7. The van der Waals surface area contributed by atoms with Crippen molar-refractivity contribution in [1.82, 2.24) is 5.32 Å². The van der Waals surface area contributed by atoms with Crippen molar-refractivity contribution in [2.45, 2.75) is 58.3 Å². The first-order valence-corrected chi connectivity index (χ1v) is 9.31. The molecule has 0 spiro atoms. The van der Waals surface area contributed by atoms with Gasteiger partial charge in [0.2, 0.25) is 0 Å². The molecule has 0 radical (unpaired) electrons. The van der Waals surface area contributed by atoms with Gasteiger partial charge in [0.25, 0.3) is 5.79 Å². The van der Waals surface area contributed by atoms with Crippen LogP contribution in [0, 0.1) is 0 Å². The molecule has 1 unspecified atom stereocenters. The maximum atomic E-state index is 12.3. The summed E-state index contributed by atoms with van der Waals surface area (Å²) in [5.41, 5.74) is -0.528. The van der Waals surface area contributed by atoms with E-state index in [1.807, 2.05) is 0 Å². The number of allylic oxidation sites excluding steroid dienone is 1. The fourth-order valence-corrected chi connectivity index (χ4v) is 2.82. The monoisotopic (exact) mass is 405 g/mol. The summed E-state index contributed by atoms with van der Waals surface area (Å²) < 4.78 is 15.3. The molecule has 0 saturated carbocycles. The average Bonchev–Trinajstić information content (AvgIpc) is 2.56. The van der Waals surface area contributed by atoms with E-state index in [4.69, 9.17) is 14.2 Å². The van der Waals surface area contributed by atoms with Gasteiger partial charge in [0.15, 0.2) is 5.57 Å². The number of aliphatic hydroxyl groups excluding tert-OH is 1. The summed E-state index contributed by atoms with van der Waals surface area (Å²) >= 11 is 0. The van der Waals surface area contributed by atoms with E-state index in [0.29, 0.717) is 5.56 Å². The van der Waals surface area contributed by atoms with E-state index in [0.717, 1.165) is 0 Å². The van der Waals surface area contributed by atoms with Crippen LogP contribution in [0.3, 0.4) is 0 Å². The van der Waals surface area contributed by atoms with Crippen LogP contribution in [-0.2, 0) is 23.8 Å². The lowest BCUT2D eigenvalue weighted by Crippen LogP contribution is -2.42. The first-order valence-electron chi connectivity index (χ1n) is 9.31. The molecule has 1 aliphatic heterocycles. The van der Waals surface area contributed by atoms with Crippen LogP contribution in [0.5, 0.6) is 0 Å². The van der Waals surface area contributed by atoms with Crippen molar-refractivity contribution >= 4 is 18.0 Å². The molecule has 2 rings (SSSR count). The Morgan fingerprint density at radius 1 is 1.14 bits per heavy atom. The third-order valence-corrected chi connectivity index (χ3v) is 3.97. The minimum atomic E-state index is -1.40. The van der Waals surface area contributed by atoms with Crippen molar-refractivity contribution < 1.29 is 33.7 Å². The summed E-state index contributed by atoms with van der Waals surface area (Å²) in [6.07, 6.45) is -0.391. The standard InChI is InChI=1S/C21H27NO7/c1-20(2,3)29-19(26)22-12-11-14(13-9-7-6-8-10-13)16(23)15-17(24)27-21(4,5)28-18(15)25/h6-10,14,23H,11-12H2,1-5H3,(H,22,26). The maximum Gasteiger partial charge on any atom is 0.407 e.